The van der Waals surface area contributed by atoms with Gasteiger partial charge in [0.05, 0.1) is 5.02 Å². The average Bonchev–Trinajstić information content (AvgIpc) is 2.12. The molecule has 0 fully saturated rings. The topological polar surface area (TPSA) is 12.0 Å². The predicted molar refractivity (Wildman–Crippen MR) is 58.3 cm³/mol. The van der Waals surface area contributed by atoms with Gasteiger partial charge >= 0.3 is 0 Å². The predicted octanol–water partition coefficient (Wildman–Crippen LogP) is 3.25. The molecule has 0 spiro atoms. The molecular formula is C9H11ClFNS. The number of halogens is 2. The van der Waals surface area contributed by atoms with Crippen molar-refractivity contribution in [2.45, 2.75) is 0 Å². The number of rotatable bonds is 4. The number of thioether (sulfide) groups is 1. The van der Waals surface area contributed by atoms with Crippen LogP contribution in [0.1, 0.15) is 0 Å². The fourth-order valence-corrected chi connectivity index (χ4v) is 1.33. The normalized spacial score (nSPS) is 10.1. The first-order valence-corrected chi connectivity index (χ1v) is 5.69. The lowest BCUT2D eigenvalue weighted by molar-refractivity contribution is 0.628. The van der Waals surface area contributed by atoms with Gasteiger partial charge in [0.1, 0.15) is 5.82 Å². The van der Waals surface area contributed by atoms with Crippen molar-refractivity contribution in [3.05, 3.63) is 29.0 Å². The molecule has 0 saturated carbocycles. The molecule has 13 heavy (non-hydrogen) atoms. The molecule has 1 N–H and O–H groups in total. The van der Waals surface area contributed by atoms with Gasteiger partial charge in [-0.3, -0.25) is 0 Å². The van der Waals surface area contributed by atoms with Gasteiger partial charge in [-0.05, 0) is 24.5 Å². The summed E-state index contributed by atoms with van der Waals surface area (Å²) in [5, 5.41) is 3.26. The van der Waals surface area contributed by atoms with E-state index in [9.17, 15) is 4.39 Å². The summed E-state index contributed by atoms with van der Waals surface area (Å²) in [4.78, 5) is 0. The summed E-state index contributed by atoms with van der Waals surface area (Å²) in [6, 6.07) is 4.73. The summed E-state index contributed by atoms with van der Waals surface area (Å²) in [5.74, 6) is 0.625. The van der Waals surface area contributed by atoms with Gasteiger partial charge in [-0.2, -0.15) is 11.8 Å². The first kappa shape index (κ1) is 10.7. The number of hydrogen-bond donors (Lipinski definition) is 1. The molecule has 1 nitrogen and oxygen atoms in total. The highest BCUT2D eigenvalue weighted by Crippen LogP contribution is 2.18. The second-order valence-corrected chi connectivity index (χ2v) is 3.94. The van der Waals surface area contributed by atoms with Crippen LogP contribution in [-0.4, -0.2) is 18.6 Å². The zero-order valence-electron chi connectivity index (χ0n) is 7.31. The summed E-state index contributed by atoms with van der Waals surface area (Å²) in [6.45, 7) is 0.836. The van der Waals surface area contributed by atoms with Gasteiger partial charge in [-0.15, -0.1) is 0 Å². The van der Waals surface area contributed by atoms with Crippen molar-refractivity contribution >= 4 is 29.1 Å². The van der Waals surface area contributed by atoms with E-state index in [1.807, 2.05) is 6.26 Å². The fourth-order valence-electron chi connectivity index (χ4n) is 0.904. The molecule has 0 aromatic heterocycles. The van der Waals surface area contributed by atoms with E-state index in [-0.39, 0.29) is 10.8 Å². The lowest BCUT2D eigenvalue weighted by Crippen LogP contribution is -2.03. The molecule has 0 bridgehead atoms. The maximum absolute atomic E-state index is 12.9. The van der Waals surface area contributed by atoms with Crippen LogP contribution in [0.3, 0.4) is 0 Å². The van der Waals surface area contributed by atoms with Crippen molar-refractivity contribution in [2.75, 3.05) is 23.9 Å². The quantitative estimate of drug-likeness (QED) is 0.781. The van der Waals surface area contributed by atoms with Crippen LogP contribution in [0.2, 0.25) is 5.02 Å². The Morgan fingerprint density at radius 1 is 1.54 bits per heavy atom. The molecule has 1 aromatic carbocycles. The third kappa shape index (κ3) is 3.44. The van der Waals surface area contributed by atoms with Gasteiger partial charge in [0.25, 0.3) is 0 Å². The van der Waals surface area contributed by atoms with Crippen LogP contribution in [-0.2, 0) is 0 Å². The Balaban J connectivity index is 2.53. The minimum absolute atomic E-state index is 0.162. The molecule has 0 radical (unpaired) electrons. The average molecular weight is 220 g/mol. The number of benzene rings is 1. The van der Waals surface area contributed by atoms with Crippen molar-refractivity contribution in [3.8, 4) is 0 Å². The van der Waals surface area contributed by atoms with Crippen molar-refractivity contribution in [3.63, 3.8) is 0 Å². The van der Waals surface area contributed by atoms with Crippen molar-refractivity contribution in [1.82, 2.24) is 0 Å². The number of anilines is 1. The lowest BCUT2D eigenvalue weighted by atomic mass is 10.3. The van der Waals surface area contributed by atoms with Crippen LogP contribution in [0.4, 0.5) is 10.1 Å². The minimum Gasteiger partial charge on any atom is -0.384 e. The molecule has 0 aliphatic carbocycles. The molecule has 0 aliphatic heterocycles. The SMILES string of the molecule is CSCCNc1ccc(Cl)c(F)c1. The van der Waals surface area contributed by atoms with Crippen molar-refractivity contribution in [1.29, 1.82) is 0 Å². The van der Waals surface area contributed by atoms with Crippen LogP contribution >= 0.6 is 23.4 Å². The first-order valence-electron chi connectivity index (χ1n) is 3.92. The zero-order valence-corrected chi connectivity index (χ0v) is 8.88. The molecule has 0 saturated heterocycles. The van der Waals surface area contributed by atoms with Crippen LogP contribution in [0.25, 0.3) is 0 Å². The zero-order chi connectivity index (χ0) is 9.68. The molecule has 1 rings (SSSR count). The van der Waals surface area contributed by atoms with Crippen LogP contribution < -0.4 is 5.32 Å². The molecule has 0 unspecified atom stereocenters. The highest BCUT2D eigenvalue weighted by atomic mass is 35.5. The van der Waals surface area contributed by atoms with E-state index in [2.05, 4.69) is 5.32 Å². The van der Waals surface area contributed by atoms with Crippen LogP contribution in [0, 0.1) is 5.82 Å². The van der Waals surface area contributed by atoms with Crippen LogP contribution in [0.15, 0.2) is 18.2 Å². The third-order valence-corrected chi connectivity index (χ3v) is 2.47. The molecule has 0 amide bonds. The molecule has 1 aromatic rings. The molecule has 4 heteroatoms. The Morgan fingerprint density at radius 3 is 2.92 bits per heavy atom. The first-order chi connectivity index (χ1) is 6.24. The molecule has 72 valence electrons. The Hall–Kier alpha value is -0.410. The summed E-state index contributed by atoms with van der Waals surface area (Å²) >= 11 is 7.28. The lowest BCUT2D eigenvalue weighted by Gasteiger charge is -2.05. The highest BCUT2D eigenvalue weighted by molar-refractivity contribution is 7.98. The molecule has 0 atom stereocenters. The number of nitrogens with one attached hydrogen (secondary N) is 1. The van der Waals surface area contributed by atoms with Gasteiger partial charge in [-0.25, -0.2) is 4.39 Å². The summed E-state index contributed by atoms with van der Waals surface area (Å²) in [5.41, 5.74) is 0.774. The van der Waals surface area contributed by atoms with Crippen molar-refractivity contribution < 1.29 is 4.39 Å². The summed E-state index contributed by atoms with van der Waals surface area (Å²) in [6.07, 6.45) is 2.03. The van der Waals surface area contributed by atoms with E-state index in [0.717, 1.165) is 18.0 Å². The van der Waals surface area contributed by atoms with Gasteiger partial charge in [-0.1, -0.05) is 11.6 Å². The maximum atomic E-state index is 12.9. The van der Waals surface area contributed by atoms with Crippen molar-refractivity contribution in [2.24, 2.45) is 0 Å². The number of hydrogen-bond acceptors (Lipinski definition) is 2. The van der Waals surface area contributed by atoms with E-state index < -0.39 is 0 Å². The second-order valence-electron chi connectivity index (χ2n) is 2.55. The summed E-state index contributed by atoms with van der Waals surface area (Å²) < 4.78 is 12.9. The second kappa shape index (κ2) is 5.35. The maximum Gasteiger partial charge on any atom is 0.143 e. The van der Waals surface area contributed by atoms with E-state index >= 15 is 0 Å². The molecule has 0 heterocycles. The molecule has 0 aliphatic rings. The Bertz CT molecular complexity index is 280. The minimum atomic E-state index is -0.379. The van der Waals surface area contributed by atoms with Gasteiger partial charge in [0.2, 0.25) is 0 Å². The smallest absolute Gasteiger partial charge is 0.143 e. The third-order valence-electron chi connectivity index (χ3n) is 1.55. The molecular weight excluding hydrogens is 209 g/mol. The monoisotopic (exact) mass is 219 g/mol. The standard InChI is InChI=1S/C9H11ClFNS/c1-13-5-4-12-7-2-3-8(10)9(11)6-7/h2-3,6,12H,4-5H2,1H3. The largest absolute Gasteiger partial charge is 0.384 e. The van der Waals surface area contributed by atoms with E-state index in [0.29, 0.717) is 0 Å². The van der Waals surface area contributed by atoms with E-state index in [1.54, 1.807) is 23.9 Å². The Kier molecular flexibility index (Phi) is 4.39. The highest BCUT2D eigenvalue weighted by Gasteiger charge is 1.99. The van der Waals surface area contributed by atoms with Crippen LogP contribution in [0.5, 0.6) is 0 Å². The van der Waals surface area contributed by atoms with Gasteiger partial charge in [0, 0.05) is 18.0 Å². The fraction of sp³-hybridized carbons (Fsp3) is 0.333. The summed E-state index contributed by atoms with van der Waals surface area (Å²) in [7, 11) is 0. The van der Waals surface area contributed by atoms with Gasteiger partial charge in [0.15, 0.2) is 0 Å². The Labute approximate surface area is 86.7 Å². The Morgan fingerprint density at radius 2 is 2.31 bits per heavy atom. The van der Waals surface area contributed by atoms with E-state index in [1.165, 1.54) is 6.07 Å². The van der Waals surface area contributed by atoms with E-state index in [4.69, 9.17) is 11.6 Å². The van der Waals surface area contributed by atoms with Gasteiger partial charge < -0.3 is 5.32 Å².